The monoisotopic (exact) mass is 183 g/mol. The quantitative estimate of drug-likeness (QED) is 0.648. The zero-order valence-corrected chi connectivity index (χ0v) is 8.39. The summed E-state index contributed by atoms with van der Waals surface area (Å²) in [4.78, 5) is 0. The largest absolute Gasteiger partial charge is 0.396 e. The molecular weight excluding hydrogens is 162 g/mol. The maximum absolute atomic E-state index is 9.37. The molecule has 1 saturated carbocycles. The second kappa shape index (κ2) is 3.97. The Morgan fingerprint density at radius 2 is 1.92 bits per heavy atom. The van der Waals surface area contributed by atoms with Gasteiger partial charge in [0.1, 0.15) is 0 Å². The van der Waals surface area contributed by atoms with Crippen molar-refractivity contribution in [3.63, 3.8) is 0 Å². The highest BCUT2D eigenvalue weighted by molar-refractivity contribution is 4.98. The molecule has 1 aliphatic heterocycles. The molecule has 2 fully saturated rings. The fraction of sp³-hybridized carbons (Fsp3) is 1.00. The molecule has 1 aliphatic carbocycles. The Morgan fingerprint density at radius 3 is 2.62 bits per heavy atom. The predicted octanol–water partition coefficient (Wildman–Crippen LogP) is 1.68. The maximum Gasteiger partial charge on any atom is 0.0476 e. The zero-order chi connectivity index (χ0) is 9.15. The van der Waals surface area contributed by atoms with E-state index in [2.05, 4.69) is 5.32 Å². The molecule has 2 nitrogen and oxygen atoms in total. The molecule has 0 bridgehead atoms. The Kier molecular flexibility index (Phi) is 2.89. The summed E-state index contributed by atoms with van der Waals surface area (Å²) in [6.45, 7) is 1.55. The van der Waals surface area contributed by atoms with Gasteiger partial charge in [0.15, 0.2) is 0 Å². The van der Waals surface area contributed by atoms with Gasteiger partial charge in [0.05, 0.1) is 0 Å². The standard InChI is InChI=1S/C11H21NO/c13-9-10-5-1-2-6-11(10)7-3-4-8-12-11/h10,12-13H,1-9H2/t10-,11+/m1/s1. The molecule has 2 N–H and O–H groups in total. The molecule has 0 aromatic carbocycles. The molecule has 0 radical (unpaired) electrons. The van der Waals surface area contributed by atoms with Crippen molar-refractivity contribution in [1.29, 1.82) is 0 Å². The van der Waals surface area contributed by atoms with Gasteiger partial charge < -0.3 is 10.4 Å². The summed E-state index contributed by atoms with van der Waals surface area (Å²) in [5, 5.41) is 13.0. The Labute approximate surface area is 80.7 Å². The van der Waals surface area contributed by atoms with Crippen molar-refractivity contribution in [2.24, 2.45) is 5.92 Å². The van der Waals surface area contributed by atoms with Crippen molar-refractivity contribution >= 4 is 0 Å². The summed E-state index contributed by atoms with van der Waals surface area (Å²) in [5.74, 6) is 0.529. The van der Waals surface area contributed by atoms with Gasteiger partial charge in [-0.1, -0.05) is 19.3 Å². The molecule has 2 aliphatic rings. The summed E-state index contributed by atoms with van der Waals surface area (Å²) in [7, 11) is 0. The minimum Gasteiger partial charge on any atom is -0.396 e. The minimum absolute atomic E-state index is 0.325. The summed E-state index contributed by atoms with van der Waals surface area (Å²) >= 11 is 0. The lowest BCUT2D eigenvalue weighted by atomic mass is 9.69. The minimum atomic E-state index is 0.325. The van der Waals surface area contributed by atoms with Gasteiger partial charge in [0.25, 0.3) is 0 Å². The summed E-state index contributed by atoms with van der Waals surface area (Å²) in [6, 6.07) is 0. The third-order valence-corrected chi connectivity index (χ3v) is 3.95. The molecule has 0 aromatic heterocycles. The number of hydrogen-bond acceptors (Lipinski definition) is 2. The predicted molar refractivity (Wildman–Crippen MR) is 53.6 cm³/mol. The van der Waals surface area contributed by atoms with E-state index in [4.69, 9.17) is 0 Å². The van der Waals surface area contributed by atoms with Gasteiger partial charge in [-0.2, -0.15) is 0 Å². The van der Waals surface area contributed by atoms with Crippen molar-refractivity contribution in [1.82, 2.24) is 5.32 Å². The van der Waals surface area contributed by atoms with Crippen molar-refractivity contribution in [3.8, 4) is 0 Å². The first-order valence-corrected chi connectivity index (χ1v) is 5.73. The van der Waals surface area contributed by atoms with Gasteiger partial charge in [0.2, 0.25) is 0 Å². The van der Waals surface area contributed by atoms with Crippen LogP contribution in [-0.2, 0) is 0 Å². The number of piperidine rings is 1. The molecule has 0 aromatic rings. The number of aliphatic hydroxyl groups is 1. The highest BCUT2D eigenvalue weighted by Gasteiger charge is 2.40. The fourth-order valence-electron chi connectivity index (χ4n) is 3.13. The van der Waals surface area contributed by atoms with E-state index in [0.29, 0.717) is 18.1 Å². The lowest BCUT2D eigenvalue weighted by molar-refractivity contribution is 0.0599. The van der Waals surface area contributed by atoms with Crippen molar-refractivity contribution in [2.75, 3.05) is 13.2 Å². The van der Waals surface area contributed by atoms with E-state index < -0.39 is 0 Å². The van der Waals surface area contributed by atoms with Crippen molar-refractivity contribution in [2.45, 2.75) is 50.5 Å². The first-order valence-electron chi connectivity index (χ1n) is 5.73. The van der Waals surface area contributed by atoms with Crippen molar-refractivity contribution in [3.05, 3.63) is 0 Å². The van der Waals surface area contributed by atoms with Crippen LogP contribution in [0.25, 0.3) is 0 Å². The Hall–Kier alpha value is -0.0800. The van der Waals surface area contributed by atoms with Crippen LogP contribution in [-0.4, -0.2) is 23.8 Å². The molecule has 0 unspecified atom stereocenters. The Bertz CT molecular complexity index is 155. The van der Waals surface area contributed by atoms with Crippen LogP contribution in [0.2, 0.25) is 0 Å². The molecule has 2 heteroatoms. The SMILES string of the molecule is OC[C@H]1CCCC[C@]12CCCCN2. The number of hydrogen-bond donors (Lipinski definition) is 2. The van der Waals surface area contributed by atoms with E-state index in [-0.39, 0.29) is 0 Å². The molecule has 2 rings (SSSR count). The lowest BCUT2D eigenvalue weighted by Gasteiger charge is -2.47. The highest BCUT2D eigenvalue weighted by Crippen LogP contribution is 2.38. The second-order valence-corrected chi connectivity index (χ2v) is 4.67. The fourth-order valence-corrected chi connectivity index (χ4v) is 3.13. The topological polar surface area (TPSA) is 32.3 Å². The van der Waals surface area contributed by atoms with Crippen LogP contribution in [0.15, 0.2) is 0 Å². The molecular formula is C11H21NO. The van der Waals surface area contributed by atoms with Crippen LogP contribution in [0.1, 0.15) is 44.9 Å². The number of nitrogens with one attached hydrogen (secondary N) is 1. The van der Waals surface area contributed by atoms with Crippen LogP contribution in [0, 0.1) is 5.92 Å². The van der Waals surface area contributed by atoms with Crippen LogP contribution in [0.5, 0.6) is 0 Å². The third kappa shape index (κ3) is 1.75. The lowest BCUT2D eigenvalue weighted by Crippen LogP contribution is -2.56. The Balaban J connectivity index is 2.06. The number of rotatable bonds is 1. The van der Waals surface area contributed by atoms with E-state index in [1.165, 1.54) is 44.9 Å². The zero-order valence-electron chi connectivity index (χ0n) is 8.39. The third-order valence-electron chi connectivity index (χ3n) is 3.95. The van der Waals surface area contributed by atoms with E-state index in [1.54, 1.807) is 0 Å². The van der Waals surface area contributed by atoms with Crippen LogP contribution in [0.3, 0.4) is 0 Å². The molecule has 1 saturated heterocycles. The normalized spacial score (nSPS) is 40.8. The van der Waals surface area contributed by atoms with Gasteiger partial charge in [-0.05, 0) is 32.2 Å². The molecule has 1 spiro atoms. The van der Waals surface area contributed by atoms with Gasteiger partial charge in [-0.3, -0.25) is 0 Å². The van der Waals surface area contributed by atoms with E-state index in [0.717, 1.165) is 6.54 Å². The molecule has 1 heterocycles. The van der Waals surface area contributed by atoms with Gasteiger partial charge in [-0.25, -0.2) is 0 Å². The first kappa shape index (κ1) is 9.47. The van der Waals surface area contributed by atoms with Crippen LogP contribution < -0.4 is 5.32 Å². The summed E-state index contributed by atoms with van der Waals surface area (Å²) in [6.07, 6.45) is 9.14. The molecule has 76 valence electrons. The second-order valence-electron chi connectivity index (χ2n) is 4.67. The molecule has 13 heavy (non-hydrogen) atoms. The maximum atomic E-state index is 9.37. The highest BCUT2D eigenvalue weighted by atomic mass is 16.3. The van der Waals surface area contributed by atoms with Crippen LogP contribution in [0.4, 0.5) is 0 Å². The molecule has 0 amide bonds. The smallest absolute Gasteiger partial charge is 0.0476 e. The van der Waals surface area contributed by atoms with Gasteiger partial charge >= 0.3 is 0 Å². The van der Waals surface area contributed by atoms with Crippen molar-refractivity contribution < 1.29 is 5.11 Å². The van der Waals surface area contributed by atoms with Crippen LogP contribution >= 0.6 is 0 Å². The average Bonchev–Trinajstić information content (AvgIpc) is 2.20. The van der Waals surface area contributed by atoms with E-state index in [1.807, 2.05) is 0 Å². The number of aliphatic hydroxyl groups excluding tert-OH is 1. The Morgan fingerprint density at radius 1 is 1.15 bits per heavy atom. The average molecular weight is 183 g/mol. The molecule has 2 atom stereocenters. The summed E-state index contributed by atoms with van der Waals surface area (Å²) < 4.78 is 0. The first-order chi connectivity index (χ1) is 6.37. The van der Waals surface area contributed by atoms with Gasteiger partial charge in [-0.15, -0.1) is 0 Å². The van der Waals surface area contributed by atoms with E-state index in [9.17, 15) is 5.11 Å². The summed E-state index contributed by atoms with van der Waals surface area (Å²) in [5.41, 5.74) is 0.325. The van der Waals surface area contributed by atoms with Gasteiger partial charge in [0, 0.05) is 18.1 Å². The van der Waals surface area contributed by atoms with E-state index >= 15 is 0 Å².